The molecule has 2 aromatic heterocycles. The summed E-state index contributed by atoms with van der Waals surface area (Å²) in [6, 6.07) is 7.52. The van der Waals surface area contributed by atoms with Crippen LogP contribution in [0.3, 0.4) is 0 Å². The second kappa shape index (κ2) is 7.94. The molecule has 116 valence electrons. The van der Waals surface area contributed by atoms with Crippen molar-refractivity contribution < 1.29 is 24.2 Å². The Morgan fingerprint density at radius 1 is 1.32 bits per heavy atom. The molecule has 0 spiro atoms. The SMILES string of the molecule is COC(=O)c1ccc(C)c(Cl)n1.O=C(O)c1cccc[n+]1[O-]. The van der Waals surface area contributed by atoms with Gasteiger partial charge in [0.15, 0.2) is 6.20 Å². The highest BCUT2D eigenvalue weighted by Gasteiger charge is 2.11. The van der Waals surface area contributed by atoms with Crippen LogP contribution in [0.2, 0.25) is 5.15 Å². The zero-order chi connectivity index (χ0) is 16.7. The molecule has 0 aliphatic carbocycles. The minimum atomic E-state index is -1.21. The van der Waals surface area contributed by atoms with Gasteiger partial charge in [0.05, 0.1) is 7.11 Å². The van der Waals surface area contributed by atoms with E-state index in [1.54, 1.807) is 12.1 Å². The Balaban J connectivity index is 0.000000224. The van der Waals surface area contributed by atoms with Gasteiger partial charge in [0, 0.05) is 12.1 Å². The third-order valence-corrected chi connectivity index (χ3v) is 2.86. The number of hydrogen-bond donors (Lipinski definition) is 1. The number of aromatic carboxylic acids is 1. The first-order valence-electron chi connectivity index (χ1n) is 5.99. The molecule has 0 aliphatic heterocycles. The number of carbonyl (C=O) groups is 2. The molecule has 0 fully saturated rings. The maximum Gasteiger partial charge on any atom is 0.402 e. The van der Waals surface area contributed by atoms with Crippen molar-refractivity contribution in [2.45, 2.75) is 6.92 Å². The summed E-state index contributed by atoms with van der Waals surface area (Å²) in [7, 11) is 1.30. The minimum absolute atomic E-state index is 0.230. The summed E-state index contributed by atoms with van der Waals surface area (Å²) in [5, 5.41) is 19.3. The largest absolute Gasteiger partial charge is 0.618 e. The topological polar surface area (TPSA) is 103 Å². The molecule has 0 radical (unpaired) electrons. The summed E-state index contributed by atoms with van der Waals surface area (Å²) < 4.78 is 4.78. The van der Waals surface area contributed by atoms with E-state index in [0.717, 1.165) is 11.8 Å². The van der Waals surface area contributed by atoms with Crippen LogP contribution in [0.25, 0.3) is 0 Å². The number of esters is 1. The molecule has 0 atom stereocenters. The van der Waals surface area contributed by atoms with Gasteiger partial charge in [-0.3, -0.25) is 0 Å². The van der Waals surface area contributed by atoms with E-state index in [0.29, 0.717) is 9.88 Å². The highest BCUT2D eigenvalue weighted by molar-refractivity contribution is 6.30. The number of methoxy groups -OCH3 is 1. The van der Waals surface area contributed by atoms with Crippen LogP contribution in [-0.2, 0) is 4.74 Å². The van der Waals surface area contributed by atoms with Crippen molar-refractivity contribution in [3.8, 4) is 0 Å². The molecular weight excluding hydrogens is 312 g/mol. The Hall–Kier alpha value is -2.67. The molecule has 7 nitrogen and oxygen atoms in total. The number of halogens is 1. The molecule has 0 bridgehead atoms. The number of pyridine rings is 2. The van der Waals surface area contributed by atoms with Crippen molar-refractivity contribution in [3.63, 3.8) is 0 Å². The molecule has 1 N–H and O–H groups in total. The molecule has 22 heavy (non-hydrogen) atoms. The second-order valence-electron chi connectivity index (χ2n) is 4.01. The molecule has 0 saturated heterocycles. The Kier molecular flexibility index (Phi) is 6.27. The third kappa shape index (κ3) is 4.71. The van der Waals surface area contributed by atoms with Gasteiger partial charge in [0.25, 0.3) is 0 Å². The zero-order valence-electron chi connectivity index (χ0n) is 11.8. The van der Waals surface area contributed by atoms with Gasteiger partial charge in [-0.25, -0.2) is 14.6 Å². The van der Waals surface area contributed by atoms with Crippen LogP contribution in [0.1, 0.15) is 26.5 Å². The Morgan fingerprint density at radius 2 is 2.00 bits per heavy atom. The van der Waals surface area contributed by atoms with Gasteiger partial charge in [-0.1, -0.05) is 17.7 Å². The summed E-state index contributed by atoms with van der Waals surface area (Å²) in [5.41, 5.74) is 0.805. The van der Waals surface area contributed by atoms with Gasteiger partial charge >= 0.3 is 17.6 Å². The van der Waals surface area contributed by atoms with E-state index in [2.05, 4.69) is 9.72 Å². The first-order valence-corrected chi connectivity index (χ1v) is 6.37. The average molecular weight is 325 g/mol. The predicted octanol–water partition coefficient (Wildman–Crippen LogP) is 1.85. The number of carboxylic acids is 1. The van der Waals surface area contributed by atoms with Crippen molar-refractivity contribution >= 4 is 23.5 Å². The Bertz CT molecular complexity index is 691. The van der Waals surface area contributed by atoms with Crippen LogP contribution in [0.5, 0.6) is 0 Å². The van der Waals surface area contributed by atoms with Crippen LogP contribution >= 0.6 is 11.6 Å². The average Bonchev–Trinajstić information content (AvgIpc) is 2.50. The lowest BCUT2D eigenvalue weighted by molar-refractivity contribution is -0.608. The van der Waals surface area contributed by atoms with Gasteiger partial charge < -0.3 is 15.1 Å². The summed E-state index contributed by atoms with van der Waals surface area (Å²) >= 11 is 5.70. The standard InChI is InChI=1S/C8H8ClNO2.C6H5NO3/c1-5-3-4-6(8(11)12-2)10-7(5)9;8-6(9)5-3-1-2-4-7(5)10/h3-4H,1-2H3;1-4H,(H,8,9). The van der Waals surface area contributed by atoms with Gasteiger partial charge in [-0.15, -0.1) is 0 Å². The van der Waals surface area contributed by atoms with Crippen LogP contribution in [0.15, 0.2) is 36.5 Å². The minimum Gasteiger partial charge on any atom is -0.618 e. The number of ether oxygens (including phenoxy) is 1. The monoisotopic (exact) mass is 324 g/mol. The molecule has 0 aromatic carbocycles. The van der Waals surface area contributed by atoms with Crippen LogP contribution in [-0.4, -0.2) is 29.1 Å². The molecule has 8 heteroatoms. The van der Waals surface area contributed by atoms with Crippen molar-refractivity contribution in [1.29, 1.82) is 0 Å². The first-order chi connectivity index (χ1) is 10.4. The summed E-state index contributed by atoms with van der Waals surface area (Å²) in [5.74, 6) is -1.69. The van der Waals surface area contributed by atoms with E-state index in [-0.39, 0.29) is 11.4 Å². The van der Waals surface area contributed by atoms with E-state index in [4.69, 9.17) is 16.7 Å². The predicted molar refractivity (Wildman–Crippen MR) is 77.7 cm³/mol. The van der Waals surface area contributed by atoms with Crippen LogP contribution < -0.4 is 4.73 Å². The lowest BCUT2D eigenvalue weighted by Crippen LogP contribution is -2.33. The Morgan fingerprint density at radius 3 is 2.45 bits per heavy atom. The van der Waals surface area contributed by atoms with Crippen molar-refractivity contribution in [1.82, 2.24) is 4.98 Å². The summed E-state index contributed by atoms with van der Waals surface area (Å²) in [4.78, 5) is 25.0. The highest BCUT2D eigenvalue weighted by atomic mass is 35.5. The van der Waals surface area contributed by atoms with Gasteiger partial charge in [0.1, 0.15) is 10.8 Å². The molecule has 2 heterocycles. The molecular formula is C14H13ClN2O5. The lowest BCUT2D eigenvalue weighted by atomic mass is 10.3. The molecule has 0 unspecified atom stereocenters. The van der Waals surface area contributed by atoms with E-state index in [9.17, 15) is 14.8 Å². The molecule has 0 saturated carbocycles. The molecule has 0 aliphatic rings. The zero-order valence-corrected chi connectivity index (χ0v) is 12.6. The van der Waals surface area contributed by atoms with Crippen LogP contribution in [0, 0.1) is 12.1 Å². The van der Waals surface area contributed by atoms with Crippen molar-refractivity contribution in [2.24, 2.45) is 0 Å². The summed E-state index contributed by atoms with van der Waals surface area (Å²) in [6.07, 6.45) is 1.14. The third-order valence-electron chi connectivity index (χ3n) is 2.47. The second-order valence-corrected chi connectivity index (χ2v) is 4.37. The van der Waals surface area contributed by atoms with E-state index in [1.165, 1.54) is 25.3 Å². The smallest absolute Gasteiger partial charge is 0.402 e. The fraction of sp³-hybridized carbons (Fsp3) is 0.143. The number of carboxylic acid groups (broad SMARTS) is 1. The number of carbonyl (C=O) groups excluding carboxylic acids is 1. The maximum atomic E-state index is 10.9. The number of hydrogen-bond acceptors (Lipinski definition) is 5. The Labute approximate surface area is 131 Å². The van der Waals surface area contributed by atoms with Gasteiger partial charge in [-0.2, -0.15) is 4.73 Å². The lowest BCUT2D eigenvalue weighted by Gasteiger charge is -1.99. The number of rotatable bonds is 2. The number of aryl methyl sites for hydroxylation is 1. The highest BCUT2D eigenvalue weighted by Crippen LogP contribution is 2.12. The number of nitrogens with zero attached hydrogens (tertiary/aromatic N) is 2. The normalized spacial score (nSPS) is 9.41. The fourth-order valence-corrected chi connectivity index (χ4v) is 1.47. The van der Waals surface area contributed by atoms with E-state index in [1.807, 2.05) is 6.92 Å². The molecule has 2 aromatic rings. The quantitative estimate of drug-likeness (QED) is 0.391. The van der Waals surface area contributed by atoms with Gasteiger partial charge in [0.2, 0.25) is 0 Å². The molecule has 2 rings (SSSR count). The van der Waals surface area contributed by atoms with Crippen molar-refractivity contribution in [2.75, 3.05) is 7.11 Å². The fourth-order valence-electron chi connectivity index (χ4n) is 1.32. The first kappa shape index (κ1) is 17.4. The van der Waals surface area contributed by atoms with Gasteiger partial charge in [-0.05, 0) is 24.6 Å². The van der Waals surface area contributed by atoms with Crippen LogP contribution in [0.4, 0.5) is 0 Å². The van der Waals surface area contributed by atoms with E-state index >= 15 is 0 Å². The number of aromatic nitrogens is 2. The van der Waals surface area contributed by atoms with E-state index < -0.39 is 11.9 Å². The maximum absolute atomic E-state index is 10.9. The molecule has 0 amide bonds. The summed E-state index contributed by atoms with van der Waals surface area (Å²) in [6.45, 7) is 1.82. The van der Waals surface area contributed by atoms with Crippen molar-refractivity contribution in [3.05, 3.63) is 63.8 Å².